The average Bonchev–Trinajstić information content (AvgIpc) is 3.23. The van der Waals surface area contributed by atoms with Crippen molar-refractivity contribution in [3.05, 3.63) is 76.5 Å². The van der Waals surface area contributed by atoms with Crippen LogP contribution in [0.2, 0.25) is 5.02 Å². The first-order chi connectivity index (χ1) is 15.4. The lowest BCUT2D eigenvalue weighted by Crippen LogP contribution is -2.41. The molecule has 0 saturated heterocycles. The summed E-state index contributed by atoms with van der Waals surface area (Å²) in [4.78, 5) is 29.4. The molecule has 2 aromatic rings. The van der Waals surface area contributed by atoms with E-state index in [2.05, 4.69) is 5.32 Å². The lowest BCUT2D eigenvalue weighted by atomic mass is 10.0. The molecule has 32 heavy (non-hydrogen) atoms. The monoisotopic (exact) mass is 455 g/mol. The van der Waals surface area contributed by atoms with Crippen LogP contribution in [0, 0.1) is 0 Å². The molecule has 1 N–H and O–H groups in total. The third-order valence-corrected chi connectivity index (χ3v) is 5.96. The molecule has 1 aliphatic rings. The van der Waals surface area contributed by atoms with Crippen LogP contribution in [0.25, 0.3) is 0 Å². The number of amides is 2. The summed E-state index contributed by atoms with van der Waals surface area (Å²) < 4.78 is 5.26. The number of carbonyl (C=O) groups excluding carboxylic acids is 2. The van der Waals surface area contributed by atoms with Crippen LogP contribution < -0.4 is 10.1 Å². The smallest absolute Gasteiger partial charge is 0.267 e. The van der Waals surface area contributed by atoms with Crippen molar-refractivity contribution >= 4 is 23.4 Å². The maximum Gasteiger partial charge on any atom is 0.267 e. The van der Waals surface area contributed by atoms with E-state index in [9.17, 15) is 9.59 Å². The molecule has 0 aliphatic carbocycles. The second-order valence-corrected chi connectivity index (χ2v) is 8.42. The van der Waals surface area contributed by atoms with Crippen LogP contribution in [-0.4, -0.2) is 62.0 Å². The molecular weight excluding hydrogens is 426 g/mol. The second kappa shape index (κ2) is 11.0. The lowest BCUT2D eigenvalue weighted by Gasteiger charge is -2.29. The van der Waals surface area contributed by atoms with Gasteiger partial charge in [0, 0.05) is 43.8 Å². The van der Waals surface area contributed by atoms with Gasteiger partial charge in [-0.25, -0.2) is 0 Å². The number of nitrogens with one attached hydrogen (secondary N) is 1. The third-order valence-electron chi connectivity index (χ3n) is 5.75. The van der Waals surface area contributed by atoms with Crippen LogP contribution in [0.1, 0.15) is 28.8 Å². The number of ether oxygens (including phenoxy) is 1. The number of likely N-dealkylation sites (N-methyl/N-ethyl adjacent to an activating group) is 2. The fourth-order valence-corrected chi connectivity index (χ4v) is 4.10. The lowest BCUT2D eigenvalue weighted by molar-refractivity contribution is -0.118. The molecular formula is C25H30ClN3O3. The average molecular weight is 456 g/mol. The van der Waals surface area contributed by atoms with Crippen molar-refractivity contribution in [2.24, 2.45) is 0 Å². The Morgan fingerprint density at radius 3 is 2.62 bits per heavy atom. The van der Waals surface area contributed by atoms with Gasteiger partial charge in [-0.3, -0.25) is 9.59 Å². The minimum Gasteiger partial charge on any atom is -0.497 e. The van der Waals surface area contributed by atoms with Crippen molar-refractivity contribution in [3.8, 4) is 5.75 Å². The highest BCUT2D eigenvalue weighted by molar-refractivity contribution is 6.31. The highest BCUT2D eigenvalue weighted by atomic mass is 35.5. The molecule has 0 radical (unpaired) electrons. The van der Waals surface area contributed by atoms with Gasteiger partial charge in [-0.05, 0) is 43.0 Å². The van der Waals surface area contributed by atoms with Crippen molar-refractivity contribution in [2.45, 2.75) is 25.3 Å². The topological polar surface area (TPSA) is 61.9 Å². The molecule has 2 aromatic carbocycles. The summed E-state index contributed by atoms with van der Waals surface area (Å²) in [5, 5.41) is 3.45. The molecule has 1 heterocycles. The Morgan fingerprint density at radius 1 is 1.22 bits per heavy atom. The Hall–Kier alpha value is -2.99. The molecule has 7 heteroatoms. The quantitative estimate of drug-likeness (QED) is 0.625. The largest absolute Gasteiger partial charge is 0.497 e. The molecule has 2 amide bonds. The summed E-state index contributed by atoms with van der Waals surface area (Å²) in [7, 11) is 5.25. The van der Waals surface area contributed by atoms with Gasteiger partial charge in [-0.2, -0.15) is 0 Å². The van der Waals surface area contributed by atoms with Crippen LogP contribution in [0.3, 0.4) is 0 Å². The normalized spacial score (nSPS) is 14.0. The first-order valence-corrected chi connectivity index (χ1v) is 11.1. The van der Waals surface area contributed by atoms with E-state index in [1.54, 1.807) is 37.3 Å². The van der Waals surface area contributed by atoms with Gasteiger partial charge < -0.3 is 19.9 Å². The molecule has 1 aliphatic heterocycles. The summed E-state index contributed by atoms with van der Waals surface area (Å²) >= 11 is 6.17. The molecule has 0 fully saturated rings. The number of nitrogens with zero attached hydrogens (tertiary/aromatic N) is 2. The first-order valence-electron chi connectivity index (χ1n) is 10.7. The molecule has 6 nitrogen and oxygen atoms in total. The highest BCUT2D eigenvalue weighted by Gasteiger charge is 2.24. The first kappa shape index (κ1) is 23.7. The Balaban J connectivity index is 1.72. The number of hydrogen-bond donors (Lipinski definition) is 1. The summed E-state index contributed by atoms with van der Waals surface area (Å²) in [5.41, 5.74) is 2.31. The standard InChI is InChI=1S/C25H30ClN3O3/c1-28-13-7-10-23(28)24(30)27-12-11-21(14-18-8-5-4-6-9-18)29(2)25(31)19-15-20(26)17-22(16-19)32-3/h4-6,8-10,15-17,21H,7,11-14H2,1-3H3,(H,27,30)/t21-/m1/s1. The highest BCUT2D eigenvalue weighted by Crippen LogP contribution is 2.23. The van der Waals surface area contributed by atoms with Gasteiger partial charge in [0.1, 0.15) is 5.75 Å². The van der Waals surface area contributed by atoms with Crippen molar-refractivity contribution < 1.29 is 14.3 Å². The van der Waals surface area contributed by atoms with Gasteiger partial charge in [-0.15, -0.1) is 0 Å². The van der Waals surface area contributed by atoms with Crippen molar-refractivity contribution in [2.75, 3.05) is 34.3 Å². The summed E-state index contributed by atoms with van der Waals surface area (Å²) in [6.07, 6.45) is 4.14. The van der Waals surface area contributed by atoms with E-state index in [-0.39, 0.29) is 17.9 Å². The molecule has 0 unspecified atom stereocenters. The number of rotatable bonds is 9. The molecule has 3 rings (SSSR count). The Morgan fingerprint density at radius 2 is 1.97 bits per heavy atom. The van der Waals surface area contributed by atoms with Crippen LogP contribution in [0.15, 0.2) is 60.3 Å². The van der Waals surface area contributed by atoms with Crippen LogP contribution >= 0.6 is 11.6 Å². The zero-order valence-corrected chi connectivity index (χ0v) is 19.6. The van der Waals surface area contributed by atoms with Crippen molar-refractivity contribution in [1.82, 2.24) is 15.1 Å². The van der Waals surface area contributed by atoms with Crippen LogP contribution in [0.5, 0.6) is 5.75 Å². The maximum absolute atomic E-state index is 13.3. The predicted molar refractivity (Wildman–Crippen MR) is 127 cm³/mol. The summed E-state index contributed by atoms with van der Waals surface area (Å²) in [6, 6.07) is 14.9. The minimum atomic E-state index is -0.142. The van der Waals surface area contributed by atoms with Gasteiger partial charge in [-0.1, -0.05) is 48.0 Å². The maximum atomic E-state index is 13.3. The zero-order valence-electron chi connectivity index (χ0n) is 18.8. The summed E-state index contributed by atoms with van der Waals surface area (Å²) in [6.45, 7) is 1.33. The van der Waals surface area contributed by atoms with E-state index in [0.29, 0.717) is 41.4 Å². The van der Waals surface area contributed by atoms with Crippen LogP contribution in [-0.2, 0) is 11.2 Å². The fraction of sp³-hybridized carbons (Fsp3) is 0.360. The number of hydrogen-bond acceptors (Lipinski definition) is 4. The molecule has 0 saturated carbocycles. The van der Waals surface area contributed by atoms with Gasteiger partial charge in [0.05, 0.1) is 12.8 Å². The van der Waals surface area contributed by atoms with Gasteiger partial charge in [0.2, 0.25) is 0 Å². The Labute approximate surface area is 194 Å². The molecule has 0 aromatic heterocycles. The SMILES string of the molecule is COc1cc(Cl)cc(C(=O)N(C)[C@H](CCNC(=O)C2=CCCN2C)Cc2ccccc2)c1. The van der Waals surface area contributed by atoms with E-state index >= 15 is 0 Å². The van der Waals surface area contributed by atoms with E-state index in [1.165, 1.54) is 0 Å². The van der Waals surface area contributed by atoms with Crippen LogP contribution in [0.4, 0.5) is 0 Å². The molecule has 0 bridgehead atoms. The molecule has 170 valence electrons. The number of carbonyl (C=O) groups is 2. The molecule has 0 spiro atoms. The minimum absolute atomic E-state index is 0.0722. The number of benzene rings is 2. The van der Waals surface area contributed by atoms with E-state index in [1.807, 2.05) is 48.4 Å². The Kier molecular flexibility index (Phi) is 8.17. The second-order valence-electron chi connectivity index (χ2n) is 7.98. The van der Waals surface area contributed by atoms with E-state index in [0.717, 1.165) is 18.5 Å². The van der Waals surface area contributed by atoms with Gasteiger partial charge in [0.25, 0.3) is 11.8 Å². The van der Waals surface area contributed by atoms with Crippen molar-refractivity contribution in [3.63, 3.8) is 0 Å². The van der Waals surface area contributed by atoms with E-state index < -0.39 is 0 Å². The Bertz CT molecular complexity index is 978. The van der Waals surface area contributed by atoms with Gasteiger partial charge in [0.15, 0.2) is 0 Å². The number of halogens is 1. The van der Waals surface area contributed by atoms with E-state index in [4.69, 9.17) is 16.3 Å². The number of methoxy groups -OCH3 is 1. The fourth-order valence-electron chi connectivity index (χ4n) is 3.87. The summed E-state index contributed by atoms with van der Waals surface area (Å²) in [5.74, 6) is 0.323. The van der Waals surface area contributed by atoms with Crippen molar-refractivity contribution in [1.29, 1.82) is 0 Å². The van der Waals surface area contributed by atoms with Gasteiger partial charge >= 0.3 is 0 Å². The molecule has 1 atom stereocenters. The zero-order chi connectivity index (χ0) is 23.1. The predicted octanol–water partition coefficient (Wildman–Crippen LogP) is 3.76. The third kappa shape index (κ3) is 6.04.